The largest absolute Gasteiger partial charge is 0.365 e. The molecule has 0 aliphatic carbocycles. The highest BCUT2D eigenvalue weighted by Crippen LogP contribution is 2.03. The van der Waals surface area contributed by atoms with Crippen LogP contribution in [0.5, 0.6) is 0 Å². The Kier molecular flexibility index (Phi) is 7.88. The van der Waals surface area contributed by atoms with E-state index in [9.17, 15) is 9.18 Å². The van der Waals surface area contributed by atoms with Crippen LogP contribution in [0.1, 0.15) is 19.4 Å². The highest BCUT2D eigenvalue weighted by molar-refractivity contribution is 7.80. The lowest BCUT2D eigenvalue weighted by molar-refractivity contribution is -0.119. The Balaban J connectivity index is 0.00000121. The van der Waals surface area contributed by atoms with E-state index in [4.69, 9.17) is 12.2 Å². The zero-order valence-electron chi connectivity index (χ0n) is 10.2. The van der Waals surface area contributed by atoms with Gasteiger partial charge >= 0.3 is 0 Å². The number of nitrogens with one attached hydrogen (secondary N) is 2. The van der Waals surface area contributed by atoms with E-state index in [0.29, 0.717) is 0 Å². The average Bonchev–Trinajstić information content (AvgIpc) is 2.34. The zero-order valence-corrected chi connectivity index (χ0v) is 11.0. The smallest absolute Gasteiger partial charge is 0.230 e. The third-order valence-corrected chi connectivity index (χ3v) is 2.06. The molecule has 0 bridgehead atoms. The van der Waals surface area contributed by atoms with Crippen LogP contribution >= 0.6 is 12.2 Å². The van der Waals surface area contributed by atoms with Gasteiger partial charge in [0.25, 0.3) is 0 Å². The van der Waals surface area contributed by atoms with Gasteiger partial charge in [0.1, 0.15) is 5.82 Å². The van der Waals surface area contributed by atoms with E-state index in [2.05, 4.69) is 10.6 Å². The number of hydrogen-bond donors (Lipinski definition) is 2. The highest BCUT2D eigenvalue weighted by Gasteiger charge is 2.04. The molecule has 0 saturated carbocycles. The first-order valence-corrected chi connectivity index (χ1v) is 5.78. The minimum atomic E-state index is -0.315. The van der Waals surface area contributed by atoms with Crippen LogP contribution in [0, 0.1) is 5.82 Å². The van der Waals surface area contributed by atoms with Crippen LogP contribution in [0.2, 0.25) is 0 Å². The summed E-state index contributed by atoms with van der Waals surface area (Å²) in [6, 6.07) is 5.77. The second-order valence-electron chi connectivity index (χ2n) is 2.93. The van der Waals surface area contributed by atoms with Crippen LogP contribution in [-0.2, 0) is 11.2 Å². The van der Waals surface area contributed by atoms with E-state index >= 15 is 0 Å². The quantitative estimate of drug-likeness (QED) is 0.795. The molecule has 1 rings (SSSR count). The molecule has 0 saturated heterocycles. The highest BCUT2D eigenvalue weighted by atomic mass is 32.1. The van der Waals surface area contributed by atoms with Crippen molar-refractivity contribution in [1.82, 2.24) is 10.6 Å². The van der Waals surface area contributed by atoms with Gasteiger partial charge in [-0.2, -0.15) is 0 Å². The van der Waals surface area contributed by atoms with Crippen molar-refractivity contribution in [3.63, 3.8) is 0 Å². The van der Waals surface area contributed by atoms with Gasteiger partial charge in [0.05, 0.1) is 6.42 Å². The van der Waals surface area contributed by atoms with Gasteiger partial charge in [-0.15, -0.1) is 0 Å². The number of carbonyl (C=O) groups excluding carboxylic acids is 1. The minimum absolute atomic E-state index is 0.183. The summed E-state index contributed by atoms with van der Waals surface area (Å²) in [6.07, 6.45) is 0.183. The Morgan fingerprint density at radius 1 is 1.29 bits per heavy atom. The third kappa shape index (κ3) is 6.63. The molecule has 0 fully saturated rings. The van der Waals surface area contributed by atoms with Crippen molar-refractivity contribution in [2.45, 2.75) is 20.3 Å². The topological polar surface area (TPSA) is 41.1 Å². The number of amides is 1. The lowest BCUT2D eigenvalue weighted by Gasteiger charge is -2.05. The third-order valence-electron chi connectivity index (χ3n) is 1.76. The van der Waals surface area contributed by atoms with Crippen LogP contribution in [0.3, 0.4) is 0 Å². The van der Waals surface area contributed by atoms with Gasteiger partial charge in [-0.3, -0.25) is 4.79 Å². The molecule has 2 N–H and O–H groups in total. The number of carbonyl (C=O) groups is 1. The van der Waals surface area contributed by atoms with E-state index in [-0.39, 0.29) is 23.3 Å². The van der Waals surface area contributed by atoms with Gasteiger partial charge in [-0.25, -0.2) is 4.39 Å². The number of benzene rings is 1. The summed E-state index contributed by atoms with van der Waals surface area (Å²) >= 11 is 4.77. The Bertz CT molecular complexity index is 365. The normalized spacial score (nSPS) is 8.71. The second kappa shape index (κ2) is 8.64. The molecule has 1 amide bonds. The molecule has 0 spiro atoms. The summed E-state index contributed by atoms with van der Waals surface area (Å²) in [5.41, 5.74) is 0.743. The van der Waals surface area contributed by atoms with Crippen molar-refractivity contribution < 1.29 is 9.18 Å². The van der Waals surface area contributed by atoms with E-state index in [0.717, 1.165) is 5.56 Å². The van der Waals surface area contributed by atoms with Crippen LogP contribution in [0.15, 0.2) is 24.3 Å². The van der Waals surface area contributed by atoms with Crippen LogP contribution in [-0.4, -0.2) is 18.1 Å². The minimum Gasteiger partial charge on any atom is -0.365 e. The molecule has 3 nitrogen and oxygen atoms in total. The first-order valence-electron chi connectivity index (χ1n) is 5.38. The summed E-state index contributed by atoms with van der Waals surface area (Å²) in [7, 11) is 1.63. The van der Waals surface area contributed by atoms with Gasteiger partial charge < -0.3 is 10.6 Å². The molecule has 1 aromatic carbocycles. The molecule has 0 heterocycles. The molecular weight excluding hydrogens is 239 g/mol. The molecule has 0 aliphatic heterocycles. The lowest BCUT2D eigenvalue weighted by Crippen LogP contribution is -2.37. The van der Waals surface area contributed by atoms with Crippen molar-refractivity contribution in [3.8, 4) is 0 Å². The maximum atomic E-state index is 12.6. The molecule has 0 aliphatic rings. The van der Waals surface area contributed by atoms with Crippen LogP contribution in [0.25, 0.3) is 0 Å². The predicted molar refractivity (Wildman–Crippen MR) is 71.3 cm³/mol. The number of thiocarbonyl (C=S) groups is 1. The monoisotopic (exact) mass is 256 g/mol. The van der Waals surface area contributed by atoms with Crippen molar-refractivity contribution in [1.29, 1.82) is 0 Å². The Hall–Kier alpha value is -1.49. The van der Waals surface area contributed by atoms with Gasteiger partial charge in [-0.05, 0) is 29.9 Å². The van der Waals surface area contributed by atoms with E-state index in [1.165, 1.54) is 12.1 Å². The number of hydrogen-bond acceptors (Lipinski definition) is 2. The Labute approximate surface area is 106 Å². The molecule has 0 radical (unpaired) electrons. The van der Waals surface area contributed by atoms with Crippen molar-refractivity contribution >= 4 is 23.2 Å². The summed E-state index contributed by atoms with van der Waals surface area (Å²) in [5.74, 6) is -0.536. The van der Waals surface area contributed by atoms with Crippen molar-refractivity contribution in [2.75, 3.05) is 7.05 Å². The van der Waals surface area contributed by atoms with E-state index in [1.54, 1.807) is 19.2 Å². The number of rotatable bonds is 2. The fourth-order valence-electron chi connectivity index (χ4n) is 1.02. The molecular formula is C12H17FN2OS. The molecule has 0 unspecified atom stereocenters. The fraction of sp³-hybridized carbons (Fsp3) is 0.333. The van der Waals surface area contributed by atoms with E-state index < -0.39 is 0 Å². The van der Waals surface area contributed by atoms with Crippen molar-refractivity contribution in [3.05, 3.63) is 35.6 Å². The Morgan fingerprint density at radius 3 is 2.29 bits per heavy atom. The maximum Gasteiger partial charge on any atom is 0.230 e. The fourth-order valence-corrected chi connectivity index (χ4v) is 1.13. The maximum absolute atomic E-state index is 12.6. The van der Waals surface area contributed by atoms with Gasteiger partial charge in [0.2, 0.25) is 5.91 Å². The number of halogens is 1. The standard InChI is InChI=1S/C10H11FN2OS.C2H6/c1-12-10(15)13-9(14)6-7-2-4-8(11)5-3-7;1-2/h2-5H,6H2,1H3,(H2,12,13,14,15);1-2H3. The molecule has 5 heteroatoms. The Morgan fingerprint density at radius 2 is 1.82 bits per heavy atom. The van der Waals surface area contributed by atoms with Crippen molar-refractivity contribution in [2.24, 2.45) is 0 Å². The molecule has 1 aromatic rings. The summed E-state index contributed by atoms with van der Waals surface area (Å²) in [4.78, 5) is 11.3. The SMILES string of the molecule is CC.CNC(=S)NC(=O)Cc1ccc(F)cc1. The van der Waals surface area contributed by atoms with Crippen LogP contribution in [0.4, 0.5) is 4.39 Å². The summed E-state index contributed by atoms with van der Waals surface area (Å²) in [6.45, 7) is 4.00. The van der Waals surface area contributed by atoms with Gasteiger partial charge in [0, 0.05) is 7.05 Å². The molecule has 17 heavy (non-hydrogen) atoms. The zero-order chi connectivity index (χ0) is 13.3. The molecule has 0 atom stereocenters. The summed E-state index contributed by atoms with van der Waals surface area (Å²) < 4.78 is 12.6. The molecule has 94 valence electrons. The summed E-state index contributed by atoms with van der Waals surface area (Å²) in [5, 5.41) is 5.39. The molecule has 0 aromatic heterocycles. The first-order chi connectivity index (χ1) is 8.11. The second-order valence-corrected chi connectivity index (χ2v) is 3.34. The predicted octanol–water partition coefficient (Wildman–Crippen LogP) is 2.01. The lowest BCUT2D eigenvalue weighted by atomic mass is 10.1. The van der Waals surface area contributed by atoms with E-state index in [1.807, 2.05) is 13.8 Å². The van der Waals surface area contributed by atoms with Crippen LogP contribution < -0.4 is 10.6 Å². The first kappa shape index (κ1) is 15.5. The van der Waals surface area contributed by atoms with Gasteiger partial charge in [0.15, 0.2) is 5.11 Å². The average molecular weight is 256 g/mol. The van der Waals surface area contributed by atoms with Gasteiger partial charge in [-0.1, -0.05) is 26.0 Å².